The summed E-state index contributed by atoms with van der Waals surface area (Å²) < 4.78 is 16.3. The molecule has 2 N–H and O–H groups in total. The van der Waals surface area contributed by atoms with Crippen LogP contribution < -0.4 is 20.1 Å². The average Bonchev–Trinajstić information content (AvgIpc) is 3.14. The van der Waals surface area contributed by atoms with Gasteiger partial charge in [-0.05, 0) is 30.5 Å². The van der Waals surface area contributed by atoms with Crippen molar-refractivity contribution < 1.29 is 14.2 Å². The molecular weight excluding hydrogens is 344 g/mol. The minimum Gasteiger partial charge on any atom is -0.454 e. The third-order valence-corrected chi connectivity index (χ3v) is 4.96. The van der Waals surface area contributed by atoms with E-state index in [4.69, 9.17) is 19.2 Å². The molecule has 27 heavy (non-hydrogen) atoms. The molecule has 0 aromatic heterocycles. The Morgan fingerprint density at radius 1 is 1.15 bits per heavy atom. The Bertz CT molecular complexity index is 630. The summed E-state index contributed by atoms with van der Waals surface area (Å²) in [6, 6.07) is 6.44. The van der Waals surface area contributed by atoms with Crippen molar-refractivity contribution in [2.75, 3.05) is 46.2 Å². The zero-order valence-corrected chi connectivity index (χ0v) is 16.7. The molecular formula is C20H32N4O3. The number of fused-ring (bicyclic) bond motifs is 1. The molecule has 1 aromatic carbocycles. The van der Waals surface area contributed by atoms with Crippen LogP contribution in [0, 0.1) is 5.92 Å². The molecule has 0 spiro atoms. The van der Waals surface area contributed by atoms with Crippen LogP contribution in [0.25, 0.3) is 0 Å². The molecule has 1 fully saturated rings. The quantitative estimate of drug-likeness (QED) is 0.559. The predicted octanol–water partition coefficient (Wildman–Crippen LogP) is 1.83. The van der Waals surface area contributed by atoms with Crippen LogP contribution in [0.2, 0.25) is 0 Å². The van der Waals surface area contributed by atoms with Gasteiger partial charge < -0.3 is 24.8 Å². The summed E-state index contributed by atoms with van der Waals surface area (Å²) >= 11 is 0. The van der Waals surface area contributed by atoms with Gasteiger partial charge in [0.25, 0.3) is 0 Å². The van der Waals surface area contributed by atoms with Gasteiger partial charge in [0.05, 0.1) is 19.8 Å². The Hall–Kier alpha value is -1.99. The molecule has 0 bridgehead atoms. The number of aliphatic imine (C=N–C) groups is 1. The minimum atomic E-state index is 0.296. The molecule has 2 aliphatic rings. The van der Waals surface area contributed by atoms with E-state index >= 15 is 0 Å². The molecule has 2 heterocycles. The Balaban J connectivity index is 1.59. The van der Waals surface area contributed by atoms with Crippen LogP contribution >= 0.6 is 0 Å². The van der Waals surface area contributed by atoms with Gasteiger partial charge in [0.2, 0.25) is 6.79 Å². The zero-order valence-electron chi connectivity index (χ0n) is 16.7. The summed E-state index contributed by atoms with van der Waals surface area (Å²) in [5.41, 5.74) is 1.10. The molecule has 0 amide bonds. The van der Waals surface area contributed by atoms with E-state index in [9.17, 15) is 0 Å². The lowest BCUT2D eigenvalue weighted by Crippen LogP contribution is -2.52. The van der Waals surface area contributed by atoms with E-state index in [1.807, 2.05) is 18.2 Å². The summed E-state index contributed by atoms with van der Waals surface area (Å²) in [7, 11) is 0. The molecule has 0 saturated carbocycles. The smallest absolute Gasteiger partial charge is 0.231 e. The Kier molecular flexibility index (Phi) is 7.18. The molecule has 1 aromatic rings. The van der Waals surface area contributed by atoms with Crippen LogP contribution in [0.1, 0.15) is 26.3 Å². The number of morpholine rings is 1. The zero-order chi connectivity index (χ0) is 19.1. The van der Waals surface area contributed by atoms with Crippen molar-refractivity contribution in [2.24, 2.45) is 10.9 Å². The van der Waals surface area contributed by atoms with Crippen LogP contribution in [0.15, 0.2) is 23.2 Å². The van der Waals surface area contributed by atoms with Crippen molar-refractivity contribution in [1.29, 1.82) is 0 Å². The molecule has 2 aliphatic heterocycles. The number of hydrogen-bond donors (Lipinski definition) is 2. The van der Waals surface area contributed by atoms with Crippen LogP contribution in [-0.4, -0.2) is 63.1 Å². The van der Waals surface area contributed by atoms with E-state index in [1.54, 1.807) is 0 Å². The van der Waals surface area contributed by atoms with Crippen molar-refractivity contribution >= 4 is 5.96 Å². The second kappa shape index (κ2) is 9.80. The van der Waals surface area contributed by atoms with Gasteiger partial charge in [-0.3, -0.25) is 4.90 Å². The van der Waals surface area contributed by atoms with Gasteiger partial charge in [0.1, 0.15) is 0 Å². The van der Waals surface area contributed by atoms with E-state index in [2.05, 4.69) is 36.3 Å². The largest absolute Gasteiger partial charge is 0.454 e. The highest BCUT2D eigenvalue weighted by Crippen LogP contribution is 2.32. The van der Waals surface area contributed by atoms with Crippen molar-refractivity contribution in [3.8, 4) is 11.5 Å². The molecule has 0 radical (unpaired) electrons. The van der Waals surface area contributed by atoms with E-state index in [0.29, 0.717) is 25.3 Å². The fourth-order valence-electron chi connectivity index (χ4n) is 3.45. The van der Waals surface area contributed by atoms with Crippen LogP contribution in [0.3, 0.4) is 0 Å². The number of benzene rings is 1. The van der Waals surface area contributed by atoms with Gasteiger partial charge in [-0.25, -0.2) is 4.99 Å². The highest BCUT2D eigenvalue weighted by molar-refractivity contribution is 5.79. The highest BCUT2D eigenvalue weighted by atomic mass is 16.7. The first-order chi connectivity index (χ1) is 13.2. The summed E-state index contributed by atoms with van der Waals surface area (Å²) in [5, 5.41) is 6.86. The van der Waals surface area contributed by atoms with Gasteiger partial charge in [-0.2, -0.15) is 0 Å². The van der Waals surface area contributed by atoms with Crippen molar-refractivity contribution in [3.63, 3.8) is 0 Å². The van der Waals surface area contributed by atoms with Crippen LogP contribution in [0.4, 0.5) is 0 Å². The van der Waals surface area contributed by atoms with E-state index < -0.39 is 0 Å². The molecule has 1 unspecified atom stereocenters. The maximum atomic E-state index is 5.50. The third kappa shape index (κ3) is 5.49. The number of guanidine groups is 1. The number of nitrogens with one attached hydrogen (secondary N) is 2. The number of ether oxygens (including phenoxy) is 3. The molecule has 7 nitrogen and oxygen atoms in total. The average molecular weight is 377 g/mol. The lowest BCUT2D eigenvalue weighted by molar-refractivity contribution is 0.00752. The summed E-state index contributed by atoms with van der Waals surface area (Å²) in [4.78, 5) is 7.26. The van der Waals surface area contributed by atoms with Gasteiger partial charge in [-0.1, -0.05) is 19.9 Å². The Morgan fingerprint density at radius 3 is 2.67 bits per heavy atom. The lowest BCUT2D eigenvalue weighted by atomic mass is 10.0. The van der Waals surface area contributed by atoms with Gasteiger partial charge >= 0.3 is 0 Å². The number of nitrogens with zero attached hydrogens (tertiary/aromatic N) is 2. The van der Waals surface area contributed by atoms with Crippen LogP contribution in [0.5, 0.6) is 11.5 Å². The number of rotatable bonds is 7. The van der Waals surface area contributed by atoms with Crippen LogP contribution in [-0.2, 0) is 11.3 Å². The fraction of sp³-hybridized carbons (Fsp3) is 0.650. The molecule has 1 saturated heterocycles. The molecule has 1 atom stereocenters. The summed E-state index contributed by atoms with van der Waals surface area (Å²) in [6.45, 7) is 12.9. The van der Waals surface area contributed by atoms with E-state index in [0.717, 1.165) is 62.4 Å². The van der Waals surface area contributed by atoms with Crippen molar-refractivity contribution in [3.05, 3.63) is 23.8 Å². The van der Waals surface area contributed by atoms with Crippen molar-refractivity contribution in [2.45, 2.75) is 33.4 Å². The first-order valence-electron chi connectivity index (χ1n) is 9.90. The summed E-state index contributed by atoms with van der Waals surface area (Å²) in [5.74, 6) is 3.01. The maximum absolute atomic E-state index is 5.50. The monoisotopic (exact) mass is 376 g/mol. The Labute approximate surface area is 162 Å². The standard InChI is InChI=1S/C20H32N4O3/c1-4-21-20(22-12-16-5-6-18-19(11-16)27-14-26-18)23-13-17(15(2)3)24-7-9-25-10-8-24/h5-6,11,15,17H,4,7-10,12-14H2,1-3H3,(H2,21,22,23). The first kappa shape index (κ1) is 19.8. The van der Waals surface area contributed by atoms with E-state index in [1.165, 1.54) is 0 Å². The second-order valence-electron chi connectivity index (χ2n) is 7.22. The molecule has 0 aliphatic carbocycles. The predicted molar refractivity (Wildman–Crippen MR) is 106 cm³/mol. The second-order valence-corrected chi connectivity index (χ2v) is 7.22. The molecule has 3 rings (SSSR count). The lowest BCUT2D eigenvalue weighted by Gasteiger charge is -2.37. The van der Waals surface area contributed by atoms with Gasteiger partial charge in [0.15, 0.2) is 17.5 Å². The number of hydrogen-bond acceptors (Lipinski definition) is 5. The Morgan fingerprint density at radius 2 is 1.93 bits per heavy atom. The highest BCUT2D eigenvalue weighted by Gasteiger charge is 2.23. The topological polar surface area (TPSA) is 67.4 Å². The fourth-order valence-corrected chi connectivity index (χ4v) is 3.45. The first-order valence-corrected chi connectivity index (χ1v) is 9.90. The maximum Gasteiger partial charge on any atom is 0.231 e. The third-order valence-electron chi connectivity index (χ3n) is 4.96. The van der Waals surface area contributed by atoms with Gasteiger partial charge in [-0.15, -0.1) is 0 Å². The SMILES string of the molecule is CCNC(=NCc1ccc2c(c1)OCO2)NCC(C(C)C)N1CCOCC1. The minimum absolute atomic E-state index is 0.296. The summed E-state index contributed by atoms with van der Waals surface area (Å²) in [6.07, 6.45) is 0. The van der Waals surface area contributed by atoms with Gasteiger partial charge in [0, 0.05) is 32.2 Å². The molecule has 150 valence electrons. The van der Waals surface area contributed by atoms with Crippen molar-refractivity contribution in [1.82, 2.24) is 15.5 Å². The van der Waals surface area contributed by atoms with E-state index in [-0.39, 0.29) is 0 Å². The normalized spacial score (nSPS) is 18.6. The molecule has 7 heteroatoms.